The monoisotopic (exact) mass is 316 g/mol. The Balaban J connectivity index is 1.52. The number of carbonyl (C=O) groups excluding carboxylic acids is 1. The fourth-order valence-corrected chi connectivity index (χ4v) is 3.26. The van der Waals surface area contributed by atoms with Crippen LogP contribution in [-0.4, -0.2) is 25.6 Å². The first-order chi connectivity index (χ1) is 11.2. The third kappa shape index (κ3) is 4.96. The maximum atomic E-state index is 12.4. The van der Waals surface area contributed by atoms with Crippen molar-refractivity contribution < 1.29 is 9.53 Å². The highest BCUT2D eigenvalue weighted by molar-refractivity contribution is 5.92. The van der Waals surface area contributed by atoms with Gasteiger partial charge in [-0.15, -0.1) is 0 Å². The summed E-state index contributed by atoms with van der Waals surface area (Å²) < 4.78 is 5.86. The van der Waals surface area contributed by atoms with Gasteiger partial charge in [0.1, 0.15) is 5.75 Å². The molecular weight excluding hydrogens is 288 g/mol. The average Bonchev–Trinajstić information content (AvgIpc) is 3.39. The molecule has 1 aliphatic carbocycles. The number of benzene rings is 1. The molecule has 0 aromatic heterocycles. The summed E-state index contributed by atoms with van der Waals surface area (Å²) in [6.45, 7) is 5.12. The van der Waals surface area contributed by atoms with Crippen molar-refractivity contribution in [1.29, 1.82) is 0 Å². The van der Waals surface area contributed by atoms with E-state index in [2.05, 4.69) is 17.6 Å². The molecule has 126 valence electrons. The first-order valence-corrected chi connectivity index (χ1v) is 8.95. The van der Waals surface area contributed by atoms with E-state index in [0.717, 1.165) is 31.1 Å². The van der Waals surface area contributed by atoms with Gasteiger partial charge in [-0.1, -0.05) is 19.1 Å². The van der Waals surface area contributed by atoms with Gasteiger partial charge in [0.05, 0.1) is 12.3 Å². The van der Waals surface area contributed by atoms with Gasteiger partial charge in [0, 0.05) is 6.42 Å². The van der Waals surface area contributed by atoms with Crippen molar-refractivity contribution in [2.45, 2.75) is 39.0 Å². The second-order valence-electron chi connectivity index (χ2n) is 7.07. The van der Waals surface area contributed by atoms with Crippen LogP contribution in [0.15, 0.2) is 24.3 Å². The minimum atomic E-state index is 0.0958. The van der Waals surface area contributed by atoms with Crippen molar-refractivity contribution in [3.63, 3.8) is 0 Å². The molecule has 1 aromatic rings. The van der Waals surface area contributed by atoms with E-state index in [9.17, 15) is 4.79 Å². The molecule has 1 unspecified atom stereocenters. The second-order valence-corrected chi connectivity index (χ2v) is 7.07. The number of ether oxygens (including phenoxy) is 1. The molecule has 1 saturated carbocycles. The van der Waals surface area contributed by atoms with E-state index in [4.69, 9.17) is 4.74 Å². The van der Waals surface area contributed by atoms with Crippen LogP contribution in [0.4, 0.5) is 5.69 Å². The number of hydrogen-bond donors (Lipinski definition) is 2. The molecular formula is C19H28N2O2. The highest BCUT2D eigenvalue weighted by Gasteiger charge is 2.24. The molecule has 2 N–H and O–H groups in total. The lowest BCUT2D eigenvalue weighted by Crippen LogP contribution is -2.32. The zero-order valence-electron chi connectivity index (χ0n) is 14.0. The van der Waals surface area contributed by atoms with Crippen molar-refractivity contribution in [2.75, 3.05) is 25.0 Å². The number of piperidine rings is 1. The van der Waals surface area contributed by atoms with Gasteiger partial charge in [-0.3, -0.25) is 4.79 Å². The molecule has 1 saturated heterocycles. The highest BCUT2D eigenvalue weighted by atomic mass is 16.5. The topological polar surface area (TPSA) is 50.4 Å². The molecule has 4 nitrogen and oxygen atoms in total. The summed E-state index contributed by atoms with van der Waals surface area (Å²) >= 11 is 0. The third-order valence-corrected chi connectivity index (χ3v) is 5.03. The highest BCUT2D eigenvalue weighted by Crippen LogP contribution is 2.32. The molecule has 1 atom stereocenters. The Hall–Kier alpha value is -1.55. The molecule has 23 heavy (non-hydrogen) atoms. The standard InChI is InChI=1S/C19H28N2O2/c1-14(16-8-10-20-11-9-16)12-19(22)21-17-4-2-3-5-18(17)23-13-15-6-7-15/h2-5,14-16,20H,6-13H2,1H3,(H,21,22). The van der Waals surface area contributed by atoms with Gasteiger partial charge in [0.2, 0.25) is 5.91 Å². The van der Waals surface area contributed by atoms with E-state index >= 15 is 0 Å². The summed E-state index contributed by atoms with van der Waals surface area (Å²) in [7, 11) is 0. The number of carbonyl (C=O) groups is 1. The lowest BCUT2D eigenvalue weighted by molar-refractivity contribution is -0.117. The van der Waals surface area contributed by atoms with Crippen LogP contribution in [0.3, 0.4) is 0 Å². The van der Waals surface area contributed by atoms with Crippen molar-refractivity contribution in [1.82, 2.24) is 5.32 Å². The predicted molar refractivity (Wildman–Crippen MR) is 92.7 cm³/mol. The minimum Gasteiger partial charge on any atom is -0.491 e. The van der Waals surface area contributed by atoms with Crippen LogP contribution in [0, 0.1) is 17.8 Å². The van der Waals surface area contributed by atoms with Crippen LogP contribution < -0.4 is 15.4 Å². The molecule has 0 bridgehead atoms. The largest absolute Gasteiger partial charge is 0.491 e. The van der Waals surface area contributed by atoms with Gasteiger partial charge < -0.3 is 15.4 Å². The zero-order chi connectivity index (χ0) is 16.1. The Morgan fingerprint density at radius 2 is 2.00 bits per heavy atom. The predicted octanol–water partition coefficient (Wildman–Crippen LogP) is 3.44. The fraction of sp³-hybridized carbons (Fsp3) is 0.632. The van der Waals surface area contributed by atoms with Gasteiger partial charge in [-0.05, 0) is 68.7 Å². The van der Waals surface area contributed by atoms with Gasteiger partial charge >= 0.3 is 0 Å². The molecule has 1 aromatic carbocycles. The van der Waals surface area contributed by atoms with E-state index in [-0.39, 0.29) is 5.91 Å². The SMILES string of the molecule is CC(CC(=O)Nc1ccccc1OCC1CC1)C1CCNCC1. The van der Waals surface area contributed by atoms with Crippen molar-refractivity contribution in [3.05, 3.63) is 24.3 Å². The molecule has 0 spiro atoms. The molecule has 4 heteroatoms. The minimum absolute atomic E-state index is 0.0958. The zero-order valence-corrected chi connectivity index (χ0v) is 14.0. The van der Waals surface area contributed by atoms with E-state index < -0.39 is 0 Å². The fourth-order valence-electron chi connectivity index (χ4n) is 3.26. The number of para-hydroxylation sites is 2. The number of rotatable bonds is 7. The molecule has 3 rings (SSSR count). The normalized spacial score (nSPS) is 20.0. The van der Waals surface area contributed by atoms with Gasteiger partial charge in [-0.25, -0.2) is 0 Å². The smallest absolute Gasteiger partial charge is 0.224 e. The van der Waals surface area contributed by atoms with Crippen LogP contribution in [0.2, 0.25) is 0 Å². The first-order valence-electron chi connectivity index (χ1n) is 8.95. The first kappa shape index (κ1) is 16.3. The van der Waals surface area contributed by atoms with Gasteiger partial charge in [-0.2, -0.15) is 0 Å². The molecule has 2 fully saturated rings. The molecule has 2 aliphatic rings. The van der Waals surface area contributed by atoms with Crippen molar-refractivity contribution >= 4 is 11.6 Å². The summed E-state index contributed by atoms with van der Waals surface area (Å²) in [4.78, 5) is 12.4. The molecule has 1 aliphatic heterocycles. The molecule has 1 amide bonds. The Kier molecular flexibility index (Phi) is 5.55. The van der Waals surface area contributed by atoms with Crippen LogP contribution in [0.25, 0.3) is 0 Å². The Morgan fingerprint density at radius 1 is 1.26 bits per heavy atom. The summed E-state index contributed by atoms with van der Waals surface area (Å²) in [6.07, 6.45) is 5.47. The number of hydrogen-bond acceptors (Lipinski definition) is 3. The lowest BCUT2D eigenvalue weighted by Gasteiger charge is -2.28. The lowest BCUT2D eigenvalue weighted by atomic mass is 9.84. The Bertz CT molecular complexity index is 522. The second kappa shape index (κ2) is 7.82. The van der Waals surface area contributed by atoms with Crippen LogP contribution in [-0.2, 0) is 4.79 Å². The summed E-state index contributed by atoms with van der Waals surface area (Å²) in [5.74, 6) is 2.68. The molecule has 1 heterocycles. The number of anilines is 1. The summed E-state index contributed by atoms with van der Waals surface area (Å²) in [6, 6.07) is 7.76. The van der Waals surface area contributed by atoms with Crippen LogP contribution in [0.1, 0.15) is 39.0 Å². The van der Waals surface area contributed by atoms with Gasteiger partial charge in [0.25, 0.3) is 0 Å². The van der Waals surface area contributed by atoms with E-state index in [1.807, 2.05) is 24.3 Å². The summed E-state index contributed by atoms with van der Waals surface area (Å²) in [5.41, 5.74) is 0.802. The number of nitrogens with one attached hydrogen (secondary N) is 2. The van der Waals surface area contributed by atoms with Crippen molar-refractivity contribution in [3.8, 4) is 5.75 Å². The quantitative estimate of drug-likeness (QED) is 0.810. The maximum absolute atomic E-state index is 12.4. The Labute approximate surface area is 139 Å². The van der Waals surface area contributed by atoms with Gasteiger partial charge in [0.15, 0.2) is 0 Å². The Morgan fingerprint density at radius 3 is 2.74 bits per heavy atom. The third-order valence-electron chi connectivity index (χ3n) is 5.03. The molecule has 0 radical (unpaired) electrons. The van der Waals surface area contributed by atoms with Crippen LogP contribution in [0.5, 0.6) is 5.75 Å². The van der Waals surface area contributed by atoms with E-state index in [1.165, 1.54) is 25.7 Å². The van der Waals surface area contributed by atoms with E-state index in [1.54, 1.807) is 0 Å². The van der Waals surface area contributed by atoms with E-state index in [0.29, 0.717) is 24.2 Å². The number of amides is 1. The van der Waals surface area contributed by atoms with Crippen LogP contribution >= 0.6 is 0 Å². The average molecular weight is 316 g/mol. The summed E-state index contributed by atoms with van der Waals surface area (Å²) in [5, 5.41) is 6.43. The van der Waals surface area contributed by atoms with Crippen molar-refractivity contribution in [2.24, 2.45) is 17.8 Å². The maximum Gasteiger partial charge on any atom is 0.224 e.